The average Bonchev–Trinajstić information content (AvgIpc) is 2.26. The first kappa shape index (κ1) is 14.5. The molecule has 0 spiro atoms. The Morgan fingerprint density at radius 1 is 1.22 bits per heavy atom. The van der Waals surface area contributed by atoms with Crippen LogP contribution in [-0.4, -0.2) is 29.7 Å². The van der Waals surface area contributed by atoms with E-state index in [1.165, 1.54) is 0 Å². The van der Waals surface area contributed by atoms with Crippen LogP contribution in [0.5, 0.6) is 0 Å². The summed E-state index contributed by atoms with van der Waals surface area (Å²) in [5.41, 5.74) is 0. The van der Waals surface area contributed by atoms with E-state index in [0.29, 0.717) is 17.5 Å². The van der Waals surface area contributed by atoms with Gasteiger partial charge in [-0.15, -0.1) is 0 Å². The van der Waals surface area contributed by atoms with Crippen molar-refractivity contribution in [2.75, 3.05) is 24.2 Å². The predicted octanol–water partition coefficient (Wildman–Crippen LogP) is 3.01. The lowest BCUT2D eigenvalue weighted by atomic mass is 10.2. The first-order valence-electron chi connectivity index (χ1n) is 5.69. The van der Waals surface area contributed by atoms with Crippen molar-refractivity contribution in [3.05, 3.63) is 11.9 Å². The summed E-state index contributed by atoms with van der Waals surface area (Å²) in [7, 11) is 1.70. The minimum Gasteiger partial charge on any atom is -0.373 e. The van der Waals surface area contributed by atoms with Crippen molar-refractivity contribution in [2.24, 2.45) is 0 Å². The van der Waals surface area contributed by atoms with Crippen LogP contribution in [-0.2, 0) is 0 Å². The van der Waals surface area contributed by atoms with E-state index in [4.69, 9.17) is 0 Å². The monoisotopic (exact) mass is 262 g/mol. The molecular formula is C11H17F3N4. The molecule has 4 nitrogen and oxygen atoms in total. The molecule has 0 atom stereocenters. The van der Waals surface area contributed by atoms with E-state index in [1.54, 1.807) is 13.1 Å². The fraction of sp³-hybridized carbons (Fsp3) is 0.636. The lowest BCUT2D eigenvalue weighted by Gasteiger charge is -2.12. The van der Waals surface area contributed by atoms with Crippen molar-refractivity contribution in [3.8, 4) is 0 Å². The lowest BCUT2D eigenvalue weighted by molar-refractivity contribution is -0.131. The Balaban J connectivity index is 2.73. The molecule has 1 rings (SSSR count). The smallest absolute Gasteiger partial charge is 0.373 e. The molecule has 18 heavy (non-hydrogen) atoms. The van der Waals surface area contributed by atoms with Crippen LogP contribution < -0.4 is 10.6 Å². The molecule has 2 N–H and O–H groups in total. The van der Waals surface area contributed by atoms with Crippen LogP contribution in [0.3, 0.4) is 0 Å². The van der Waals surface area contributed by atoms with Crippen molar-refractivity contribution >= 4 is 11.6 Å². The van der Waals surface area contributed by atoms with Gasteiger partial charge in [-0.3, -0.25) is 0 Å². The molecule has 1 heterocycles. The van der Waals surface area contributed by atoms with Crippen molar-refractivity contribution < 1.29 is 13.2 Å². The van der Waals surface area contributed by atoms with Gasteiger partial charge in [-0.05, 0) is 0 Å². The summed E-state index contributed by atoms with van der Waals surface area (Å²) in [5, 5.41) is 5.52. The molecule has 0 fully saturated rings. The van der Waals surface area contributed by atoms with Crippen molar-refractivity contribution in [1.29, 1.82) is 0 Å². The van der Waals surface area contributed by atoms with Gasteiger partial charge in [0.2, 0.25) is 0 Å². The highest BCUT2D eigenvalue weighted by atomic mass is 19.4. The van der Waals surface area contributed by atoms with Gasteiger partial charge < -0.3 is 10.6 Å². The molecule has 1 aromatic heterocycles. The lowest BCUT2D eigenvalue weighted by Crippen LogP contribution is -2.16. The largest absolute Gasteiger partial charge is 0.390 e. The van der Waals surface area contributed by atoms with Gasteiger partial charge in [0.05, 0.1) is 6.42 Å². The topological polar surface area (TPSA) is 49.8 Å². The highest BCUT2D eigenvalue weighted by Crippen LogP contribution is 2.20. The zero-order valence-electron chi connectivity index (χ0n) is 10.6. The molecule has 0 aliphatic carbocycles. The molecule has 0 aliphatic heterocycles. The highest BCUT2D eigenvalue weighted by molar-refractivity contribution is 5.47. The summed E-state index contributed by atoms with van der Waals surface area (Å²) >= 11 is 0. The molecule has 0 amide bonds. The van der Waals surface area contributed by atoms with Crippen LogP contribution in [0.25, 0.3) is 0 Å². The Bertz CT molecular complexity index is 390. The Labute approximate surface area is 104 Å². The average molecular weight is 262 g/mol. The SMILES string of the molecule is CNc1cc(NCCC(F)(F)F)nc(C(C)C)n1. The van der Waals surface area contributed by atoms with Crippen LogP contribution in [0.2, 0.25) is 0 Å². The van der Waals surface area contributed by atoms with Gasteiger partial charge in [-0.2, -0.15) is 13.2 Å². The second-order valence-electron chi connectivity index (χ2n) is 4.19. The standard InChI is InChI=1S/C11H17F3N4/c1-7(2)10-17-8(15-3)6-9(18-10)16-5-4-11(12,13)14/h6-7H,4-5H2,1-3H3,(H2,15,16,17,18). The number of anilines is 2. The van der Waals surface area contributed by atoms with E-state index >= 15 is 0 Å². The summed E-state index contributed by atoms with van der Waals surface area (Å²) in [6.07, 6.45) is -5.05. The maximum atomic E-state index is 12.0. The molecule has 7 heteroatoms. The van der Waals surface area contributed by atoms with E-state index in [-0.39, 0.29) is 12.5 Å². The number of halogens is 3. The number of nitrogens with zero attached hydrogens (tertiary/aromatic N) is 2. The zero-order valence-corrected chi connectivity index (χ0v) is 10.6. The summed E-state index contributed by atoms with van der Waals surface area (Å²) in [5.74, 6) is 1.70. The van der Waals surface area contributed by atoms with E-state index in [1.807, 2.05) is 13.8 Å². The number of hydrogen-bond acceptors (Lipinski definition) is 4. The molecule has 0 aliphatic rings. The minimum atomic E-state index is -4.16. The zero-order chi connectivity index (χ0) is 13.8. The van der Waals surface area contributed by atoms with E-state index in [2.05, 4.69) is 20.6 Å². The summed E-state index contributed by atoms with van der Waals surface area (Å²) in [4.78, 5) is 8.39. The van der Waals surface area contributed by atoms with Crippen molar-refractivity contribution in [1.82, 2.24) is 9.97 Å². The van der Waals surface area contributed by atoms with E-state index < -0.39 is 12.6 Å². The predicted molar refractivity (Wildman–Crippen MR) is 64.8 cm³/mol. The highest BCUT2D eigenvalue weighted by Gasteiger charge is 2.26. The van der Waals surface area contributed by atoms with Gasteiger partial charge in [0, 0.05) is 25.6 Å². The van der Waals surface area contributed by atoms with Crippen molar-refractivity contribution in [2.45, 2.75) is 32.4 Å². The Hall–Kier alpha value is -1.53. The molecule has 0 saturated heterocycles. The van der Waals surface area contributed by atoms with Crippen molar-refractivity contribution in [3.63, 3.8) is 0 Å². The third kappa shape index (κ3) is 4.77. The minimum absolute atomic E-state index is 0.112. The second-order valence-corrected chi connectivity index (χ2v) is 4.19. The summed E-state index contributed by atoms with van der Waals surface area (Å²) in [6, 6.07) is 1.59. The first-order chi connectivity index (χ1) is 8.31. The maximum absolute atomic E-state index is 12.0. The van der Waals surface area contributed by atoms with Crippen LogP contribution >= 0.6 is 0 Å². The number of alkyl halides is 3. The van der Waals surface area contributed by atoms with Gasteiger partial charge in [-0.25, -0.2) is 9.97 Å². The number of nitrogens with one attached hydrogen (secondary N) is 2. The molecule has 0 bridgehead atoms. The fourth-order valence-corrected chi connectivity index (χ4v) is 1.28. The van der Waals surface area contributed by atoms with Crippen LogP contribution in [0, 0.1) is 0 Å². The van der Waals surface area contributed by atoms with E-state index in [0.717, 1.165) is 0 Å². The summed E-state index contributed by atoms with van der Waals surface area (Å²) < 4.78 is 36.1. The number of hydrogen-bond donors (Lipinski definition) is 2. The van der Waals surface area contributed by atoms with Gasteiger partial charge in [0.1, 0.15) is 17.5 Å². The molecule has 1 aromatic rings. The van der Waals surface area contributed by atoms with Gasteiger partial charge in [0.15, 0.2) is 0 Å². The third-order valence-corrected chi connectivity index (χ3v) is 2.23. The Morgan fingerprint density at radius 3 is 2.33 bits per heavy atom. The van der Waals surface area contributed by atoms with Gasteiger partial charge in [-0.1, -0.05) is 13.8 Å². The molecule has 0 radical (unpaired) electrons. The van der Waals surface area contributed by atoms with Gasteiger partial charge >= 0.3 is 6.18 Å². The van der Waals surface area contributed by atoms with Crippen LogP contribution in [0.1, 0.15) is 32.0 Å². The van der Waals surface area contributed by atoms with Crippen LogP contribution in [0.15, 0.2) is 6.07 Å². The quantitative estimate of drug-likeness (QED) is 0.856. The fourth-order valence-electron chi connectivity index (χ4n) is 1.28. The van der Waals surface area contributed by atoms with Crippen LogP contribution in [0.4, 0.5) is 24.8 Å². The Morgan fingerprint density at radius 2 is 1.83 bits per heavy atom. The number of aromatic nitrogens is 2. The first-order valence-corrected chi connectivity index (χ1v) is 5.69. The molecule has 102 valence electrons. The summed E-state index contributed by atoms with van der Waals surface area (Å²) in [6.45, 7) is 3.66. The normalized spacial score (nSPS) is 11.7. The molecule has 0 saturated carbocycles. The third-order valence-electron chi connectivity index (χ3n) is 2.23. The number of rotatable bonds is 5. The second kappa shape index (κ2) is 5.88. The molecule has 0 unspecified atom stereocenters. The molecular weight excluding hydrogens is 245 g/mol. The Kier molecular flexibility index (Phi) is 4.75. The van der Waals surface area contributed by atoms with Gasteiger partial charge in [0.25, 0.3) is 0 Å². The molecule has 0 aromatic carbocycles. The van der Waals surface area contributed by atoms with E-state index in [9.17, 15) is 13.2 Å². The maximum Gasteiger partial charge on any atom is 0.390 e.